The van der Waals surface area contributed by atoms with Gasteiger partial charge in [0.05, 0.1) is 12.8 Å². The van der Waals surface area contributed by atoms with Gasteiger partial charge in [-0.3, -0.25) is 24.1 Å². The van der Waals surface area contributed by atoms with Crippen molar-refractivity contribution in [3.8, 4) is 0 Å². The van der Waals surface area contributed by atoms with Crippen molar-refractivity contribution < 1.29 is 23.9 Å². The van der Waals surface area contributed by atoms with E-state index in [0.717, 1.165) is 11.3 Å². The third-order valence-corrected chi connectivity index (χ3v) is 5.42. The first kappa shape index (κ1) is 22.2. The number of carbonyl (C=O) groups excluding carboxylic acids is 4. The Morgan fingerprint density at radius 2 is 1.81 bits per heavy atom. The molecule has 3 amide bonds. The van der Waals surface area contributed by atoms with Gasteiger partial charge in [-0.2, -0.15) is 0 Å². The molecule has 0 bridgehead atoms. The standard InChI is InChI=1S/C24H26N2O5/c1-3-16(2)17-8-10-19(11-9-17)25-21(27)15-31-23(29)12-13-26-22(28)14-18-6-4-5-7-20(18)24(26)30/h4-11,16H,3,12-15H2,1-2H3,(H,25,27)/t16-/m0/s1. The summed E-state index contributed by atoms with van der Waals surface area (Å²) in [7, 11) is 0. The van der Waals surface area contributed by atoms with Crippen molar-refractivity contribution in [3.63, 3.8) is 0 Å². The lowest BCUT2D eigenvalue weighted by molar-refractivity contribution is -0.147. The van der Waals surface area contributed by atoms with E-state index in [1.165, 1.54) is 5.56 Å². The molecular weight excluding hydrogens is 396 g/mol. The number of fused-ring (bicyclic) bond motifs is 1. The number of hydrogen-bond donors (Lipinski definition) is 1. The summed E-state index contributed by atoms with van der Waals surface area (Å²) in [4.78, 5) is 49.8. The molecule has 7 heteroatoms. The second-order valence-corrected chi connectivity index (χ2v) is 7.57. The van der Waals surface area contributed by atoms with Crippen LogP contribution in [-0.4, -0.2) is 41.7 Å². The van der Waals surface area contributed by atoms with E-state index >= 15 is 0 Å². The molecule has 0 spiro atoms. The molecule has 0 radical (unpaired) electrons. The Balaban J connectivity index is 1.44. The first-order valence-electron chi connectivity index (χ1n) is 10.4. The molecule has 3 rings (SSSR count). The molecule has 162 valence electrons. The molecule has 0 saturated heterocycles. The van der Waals surface area contributed by atoms with Gasteiger partial charge in [0.1, 0.15) is 0 Å². The second kappa shape index (κ2) is 10.0. The topological polar surface area (TPSA) is 92.8 Å². The lowest BCUT2D eigenvalue weighted by atomic mass is 9.98. The van der Waals surface area contributed by atoms with E-state index in [-0.39, 0.29) is 25.3 Å². The van der Waals surface area contributed by atoms with Gasteiger partial charge in [-0.1, -0.05) is 44.2 Å². The molecule has 1 aliphatic heterocycles. The van der Waals surface area contributed by atoms with Crippen LogP contribution >= 0.6 is 0 Å². The first-order valence-corrected chi connectivity index (χ1v) is 10.4. The summed E-state index contributed by atoms with van der Waals surface area (Å²) in [5.74, 6) is -1.43. The largest absolute Gasteiger partial charge is 0.456 e. The summed E-state index contributed by atoms with van der Waals surface area (Å²) in [5, 5.41) is 2.68. The maximum Gasteiger partial charge on any atom is 0.308 e. The van der Waals surface area contributed by atoms with Crippen LogP contribution in [0.1, 0.15) is 54.1 Å². The predicted octanol–water partition coefficient (Wildman–Crippen LogP) is 3.30. The summed E-state index contributed by atoms with van der Waals surface area (Å²) in [6, 6.07) is 14.5. The summed E-state index contributed by atoms with van der Waals surface area (Å²) < 4.78 is 4.99. The number of benzene rings is 2. The van der Waals surface area contributed by atoms with Gasteiger partial charge in [-0.05, 0) is 41.7 Å². The number of ether oxygens (including phenoxy) is 1. The quantitative estimate of drug-likeness (QED) is 0.521. The van der Waals surface area contributed by atoms with Gasteiger partial charge >= 0.3 is 5.97 Å². The summed E-state index contributed by atoms with van der Waals surface area (Å²) in [6.07, 6.45) is 0.981. The first-order chi connectivity index (χ1) is 14.9. The molecule has 0 unspecified atom stereocenters. The van der Waals surface area contributed by atoms with Crippen LogP contribution in [0.15, 0.2) is 48.5 Å². The number of amides is 3. The van der Waals surface area contributed by atoms with Crippen molar-refractivity contribution in [2.75, 3.05) is 18.5 Å². The van der Waals surface area contributed by atoms with Crippen LogP contribution in [0.4, 0.5) is 5.69 Å². The third-order valence-electron chi connectivity index (χ3n) is 5.42. The molecule has 0 aromatic heterocycles. The maximum atomic E-state index is 12.5. The zero-order chi connectivity index (χ0) is 22.4. The Labute approximate surface area is 181 Å². The van der Waals surface area contributed by atoms with Crippen LogP contribution in [0.25, 0.3) is 0 Å². The number of imide groups is 1. The van der Waals surface area contributed by atoms with E-state index in [0.29, 0.717) is 22.7 Å². The van der Waals surface area contributed by atoms with Gasteiger partial charge in [0.15, 0.2) is 6.61 Å². The molecule has 2 aromatic carbocycles. The van der Waals surface area contributed by atoms with E-state index < -0.39 is 24.4 Å². The highest BCUT2D eigenvalue weighted by molar-refractivity contribution is 6.09. The molecule has 0 saturated carbocycles. The summed E-state index contributed by atoms with van der Waals surface area (Å²) >= 11 is 0. The molecule has 1 N–H and O–H groups in total. The van der Waals surface area contributed by atoms with E-state index in [4.69, 9.17) is 4.74 Å². The van der Waals surface area contributed by atoms with Gasteiger partial charge < -0.3 is 10.1 Å². The van der Waals surface area contributed by atoms with E-state index in [9.17, 15) is 19.2 Å². The normalized spacial score (nSPS) is 14.1. The Morgan fingerprint density at radius 3 is 2.52 bits per heavy atom. The van der Waals surface area contributed by atoms with Gasteiger partial charge in [-0.15, -0.1) is 0 Å². The SMILES string of the molecule is CC[C@H](C)c1ccc(NC(=O)COC(=O)CCN2C(=O)Cc3ccccc3C2=O)cc1. The van der Waals surface area contributed by atoms with Crippen LogP contribution in [0.2, 0.25) is 0 Å². The number of hydrogen-bond acceptors (Lipinski definition) is 5. The Hall–Kier alpha value is -3.48. The van der Waals surface area contributed by atoms with Crippen molar-refractivity contribution in [3.05, 3.63) is 65.2 Å². The molecule has 0 fully saturated rings. The predicted molar refractivity (Wildman–Crippen MR) is 116 cm³/mol. The van der Waals surface area contributed by atoms with Crippen LogP contribution in [-0.2, 0) is 25.5 Å². The highest BCUT2D eigenvalue weighted by Gasteiger charge is 2.30. The van der Waals surface area contributed by atoms with Crippen molar-refractivity contribution in [1.29, 1.82) is 0 Å². The summed E-state index contributed by atoms with van der Waals surface area (Å²) in [5.41, 5.74) is 2.96. The maximum absolute atomic E-state index is 12.5. The van der Waals surface area contributed by atoms with Crippen LogP contribution in [0.5, 0.6) is 0 Å². The Bertz CT molecular complexity index is 984. The molecular formula is C24H26N2O5. The Kier molecular flexibility index (Phi) is 7.18. The fourth-order valence-electron chi connectivity index (χ4n) is 3.38. The van der Waals surface area contributed by atoms with E-state index in [2.05, 4.69) is 19.2 Å². The highest BCUT2D eigenvalue weighted by atomic mass is 16.5. The molecule has 1 heterocycles. The number of nitrogens with zero attached hydrogens (tertiary/aromatic N) is 1. The highest BCUT2D eigenvalue weighted by Crippen LogP contribution is 2.21. The second-order valence-electron chi connectivity index (χ2n) is 7.57. The molecule has 1 atom stereocenters. The van der Waals surface area contributed by atoms with Gasteiger partial charge in [0, 0.05) is 17.8 Å². The molecule has 7 nitrogen and oxygen atoms in total. The van der Waals surface area contributed by atoms with Gasteiger partial charge in [-0.25, -0.2) is 0 Å². The third kappa shape index (κ3) is 5.57. The van der Waals surface area contributed by atoms with Gasteiger partial charge in [0.25, 0.3) is 11.8 Å². The van der Waals surface area contributed by atoms with Crippen LogP contribution < -0.4 is 5.32 Å². The van der Waals surface area contributed by atoms with E-state index in [1.54, 1.807) is 24.3 Å². The number of rotatable bonds is 8. The smallest absolute Gasteiger partial charge is 0.308 e. The van der Waals surface area contributed by atoms with E-state index in [1.807, 2.05) is 24.3 Å². The minimum atomic E-state index is -0.651. The van der Waals surface area contributed by atoms with Crippen LogP contribution in [0.3, 0.4) is 0 Å². The lowest BCUT2D eigenvalue weighted by Crippen LogP contribution is -2.43. The van der Waals surface area contributed by atoms with Crippen LogP contribution in [0, 0.1) is 0 Å². The Morgan fingerprint density at radius 1 is 1.10 bits per heavy atom. The lowest BCUT2D eigenvalue weighted by Gasteiger charge is -2.26. The minimum absolute atomic E-state index is 0.0798. The monoisotopic (exact) mass is 422 g/mol. The number of carbonyl (C=O) groups is 4. The number of nitrogens with one attached hydrogen (secondary N) is 1. The van der Waals surface area contributed by atoms with Crippen molar-refractivity contribution in [2.24, 2.45) is 0 Å². The molecule has 2 aromatic rings. The minimum Gasteiger partial charge on any atom is -0.456 e. The van der Waals surface area contributed by atoms with Crippen molar-refractivity contribution in [2.45, 2.75) is 39.0 Å². The molecule has 31 heavy (non-hydrogen) atoms. The average molecular weight is 422 g/mol. The van der Waals surface area contributed by atoms with Gasteiger partial charge in [0.2, 0.25) is 5.91 Å². The molecule has 1 aliphatic rings. The average Bonchev–Trinajstić information content (AvgIpc) is 2.77. The zero-order valence-electron chi connectivity index (χ0n) is 17.7. The zero-order valence-corrected chi connectivity index (χ0v) is 17.7. The molecule has 0 aliphatic carbocycles. The van der Waals surface area contributed by atoms with Crippen molar-refractivity contribution >= 4 is 29.4 Å². The fourth-order valence-corrected chi connectivity index (χ4v) is 3.38. The van der Waals surface area contributed by atoms with Crippen molar-refractivity contribution in [1.82, 2.24) is 4.90 Å². The summed E-state index contributed by atoms with van der Waals surface area (Å²) in [6.45, 7) is 3.74. The number of esters is 1. The fraction of sp³-hybridized carbons (Fsp3) is 0.333. The number of anilines is 1.